The zero-order valence-corrected chi connectivity index (χ0v) is 20.4. The summed E-state index contributed by atoms with van der Waals surface area (Å²) in [5, 5.41) is 0. The number of carbonyl (C=O) groups is 2. The van der Waals surface area contributed by atoms with Gasteiger partial charge in [0, 0.05) is 0 Å². The lowest BCUT2D eigenvalue weighted by atomic mass is 9.79. The molecule has 0 radical (unpaired) electrons. The van der Waals surface area contributed by atoms with Gasteiger partial charge in [0.2, 0.25) is 6.10 Å². The normalized spacial score (nSPS) is 24.8. The van der Waals surface area contributed by atoms with Gasteiger partial charge in [0.15, 0.2) is 0 Å². The Balaban J connectivity index is 1.87. The maximum absolute atomic E-state index is 13.3. The summed E-state index contributed by atoms with van der Waals surface area (Å²) in [5.41, 5.74) is 2.66. The third-order valence-corrected chi connectivity index (χ3v) is 7.20. The van der Waals surface area contributed by atoms with E-state index in [1.54, 1.807) is 0 Å². The summed E-state index contributed by atoms with van der Waals surface area (Å²) in [7, 11) is 0.704. The van der Waals surface area contributed by atoms with Crippen LogP contribution in [-0.4, -0.2) is 78.7 Å². The van der Waals surface area contributed by atoms with Crippen molar-refractivity contribution in [2.75, 3.05) is 5.75 Å². The molecule has 0 aliphatic carbocycles. The Bertz CT molecular complexity index is 1060. The van der Waals surface area contributed by atoms with Gasteiger partial charge in [0.1, 0.15) is 35.0 Å². The van der Waals surface area contributed by atoms with Crippen LogP contribution in [0, 0.1) is 11.8 Å². The Labute approximate surface area is 204 Å². The Morgan fingerprint density at radius 2 is 1.54 bits per heavy atom. The molecule has 2 saturated heterocycles. The zero-order valence-electron chi connectivity index (χ0n) is 19.6. The summed E-state index contributed by atoms with van der Waals surface area (Å²) in [5.74, 6) is -6.31. The number of esters is 2. The van der Waals surface area contributed by atoms with Crippen LogP contribution in [0.25, 0.3) is 0 Å². The Morgan fingerprint density at radius 1 is 1.03 bits per heavy atom. The fourth-order valence-electron chi connectivity index (χ4n) is 4.74. The SMILES string of the molecule is BCc1cc(CB)c(OC(=O)C2C3CCC(O3)C2C(=O)OC(CS(=O)(=O)O)C(F)(F)F)c(CB)c1. The van der Waals surface area contributed by atoms with Gasteiger partial charge in [0.05, 0.1) is 24.0 Å². The summed E-state index contributed by atoms with van der Waals surface area (Å²) < 4.78 is 86.6. The Hall–Kier alpha value is -1.99. The third-order valence-electron chi connectivity index (χ3n) is 6.48. The number of carbonyl (C=O) groups excluding carboxylic acids is 2. The van der Waals surface area contributed by atoms with Crippen molar-refractivity contribution in [1.82, 2.24) is 0 Å². The highest BCUT2D eigenvalue weighted by atomic mass is 32.2. The molecular formula is C20H26B3F3O8S. The van der Waals surface area contributed by atoms with Crippen LogP contribution >= 0.6 is 0 Å². The van der Waals surface area contributed by atoms with E-state index in [-0.39, 0.29) is 0 Å². The Morgan fingerprint density at radius 3 is 1.97 bits per heavy atom. The minimum absolute atomic E-state index is 0.328. The zero-order chi connectivity index (χ0) is 26.1. The van der Waals surface area contributed by atoms with E-state index in [0.717, 1.165) is 23.0 Å². The van der Waals surface area contributed by atoms with Gasteiger partial charge >= 0.3 is 18.1 Å². The van der Waals surface area contributed by atoms with Crippen molar-refractivity contribution in [2.24, 2.45) is 11.8 Å². The number of rotatable bonds is 9. The van der Waals surface area contributed by atoms with E-state index in [1.165, 1.54) is 0 Å². The van der Waals surface area contributed by atoms with E-state index in [9.17, 15) is 31.2 Å². The molecule has 2 aliphatic heterocycles. The molecule has 5 atom stereocenters. The summed E-state index contributed by atoms with van der Waals surface area (Å²) in [6.07, 6.45) is -7.24. The van der Waals surface area contributed by atoms with Crippen LogP contribution in [-0.2, 0) is 48.1 Å². The van der Waals surface area contributed by atoms with Gasteiger partial charge in [-0.1, -0.05) is 36.7 Å². The molecule has 2 aliphatic rings. The number of ether oxygens (including phenoxy) is 3. The molecule has 2 bridgehead atoms. The van der Waals surface area contributed by atoms with E-state index in [2.05, 4.69) is 4.74 Å². The van der Waals surface area contributed by atoms with E-state index in [1.807, 2.05) is 35.7 Å². The molecule has 15 heteroatoms. The standard InChI is InChI=1S/C20H26B3F3O8S/c21-5-9-3-10(6-22)17(11(4-9)7-23)34-19(28)16-13-2-1-12(32-13)15(16)18(27)33-14(20(24,25)26)8-35(29,30)31/h3-4,12-16H,1-2,5-8,21-23H2,(H,29,30,31). The summed E-state index contributed by atoms with van der Waals surface area (Å²) >= 11 is 0. The van der Waals surface area contributed by atoms with Crippen molar-refractivity contribution in [3.8, 4) is 5.75 Å². The van der Waals surface area contributed by atoms with E-state index >= 15 is 0 Å². The minimum Gasteiger partial charge on any atom is -0.451 e. The molecule has 0 amide bonds. The van der Waals surface area contributed by atoms with Crippen molar-refractivity contribution in [3.63, 3.8) is 0 Å². The first kappa shape index (κ1) is 27.6. The van der Waals surface area contributed by atoms with Crippen molar-refractivity contribution >= 4 is 45.6 Å². The molecule has 2 heterocycles. The second-order valence-corrected chi connectivity index (χ2v) is 10.3. The van der Waals surface area contributed by atoms with E-state index in [0.29, 0.717) is 31.2 Å². The molecule has 2 fully saturated rings. The molecule has 5 unspecified atom stereocenters. The lowest BCUT2D eigenvalue weighted by Gasteiger charge is -2.28. The average molecular weight is 516 g/mol. The van der Waals surface area contributed by atoms with Crippen molar-refractivity contribution in [1.29, 1.82) is 0 Å². The van der Waals surface area contributed by atoms with Crippen LogP contribution in [0.15, 0.2) is 12.1 Å². The molecule has 8 nitrogen and oxygen atoms in total. The first-order valence-electron chi connectivity index (χ1n) is 11.5. The number of fused-ring (bicyclic) bond motifs is 2. The van der Waals surface area contributed by atoms with Crippen LogP contribution in [0.5, 0.6) is 5.75 Å². The number of benzene rings is 1. The fraction of sp³-hybridized carbons (Fsp3) is 0.600. The summed E-state index contributed by atoms with van der Waals surface area (Å²) in [6, 6.07) is 3.85. The van der Waals surface area contributed by atoms with Crippen molar-refractivity contribution < 1.29 is 49.9 Å². The Kier molecular flexibility index (Phi) is 8.32. The molecule has 1 aromatic rings. The van der Waals surface area contributed by atoms with Gasteiger partial charge in [-0.2, -0.15) is 21.6 Å². The number of halogens is 3. The summed E-state index contributed by atoms with van der Waals surface area (Å²) in [6.45, 7) is 0. The van der Waals surface area contributed by atoms with Crippen LogP contribution in [0.2, 0.25) is 0 Å². The highest BCUT2D eigenvalue weighted by molar-refractivity contribution is 7.85. The monoisotopic (exact) mass is 516 g/mol. The lowest BCUT2D eigenvalue weighted by molar-refractivity contribution is -0.219. The van der Waals surface area contributed by atoms with Crippen LogP contribution in [0.3, 0.4) is 0 Å². The van der Waals surface area contributed by atoms with Crippen molar-refractivity contribution in [3.05, 3.63) is 28.8 Å². The van der Waals surface area contributed by atoms with Gasteiger partial charge in [-0.3, -0.25) is 14.1 Å². The molecule has 190 valence electrons. The maximum Gasteiger partial charge on any atom is 0.426 e. The first-order chi connectivity index (χ1) is 16.3. The average Bonchev–Trinajstić information content (AvgIpc) is 3.38. The first-order valence-corrected chi connectivity index (χ1v) is 13.1. The number of hydrogen-bond acceptors (Lipinski definition) is 7. The third kappa shape index (κ3) is 6.23. The molecular weight excluding hydrogens is 490 g/mol. The van der Waals surface area contributed by atoms with Gasteiger partial charge in [-0.05, 0) is 24.0 Å². The smallest absolute Gasteiger partial charge is 0.426 e. The second-order valence-electron chi connectivity index (χ2n) is 8.78. The van der Waals surface area contributed by atoms with Crippen molar-refractivity contribution in [2.45, 2.75) is 56.3 Å². The molecule has 35 heavy (non-hydrogen) atoms. The highest BCUT2D eigenvalue weighted by Gasteiger charge is 2.58. The molecule has 0 spiro atoms. The largest absolute Gasteiger partial charge is 0.451 e. The molecule has 0 saturated carbocycles. The molecule has 1 aromatic carbocycles. The molecule has 3 rings (SSSR count). The van der Waals surface area contributed by atoms with Gasteiger partial charge in [-0.25, -0.2) is 0 Å². The predicted octanol–water partition coefficient (Wildman–Crippen LogP) is -0.853. The van der Waals surface area contributed by atoms with Gasteiger partial charge in [0.25, 0.3) is 10.1 Å². The molecule has 0 aromatic heterocycles. The van der Waals surface area contributed by atoms with E-state index < -0.39 is 64.1 Å². The summed E-state index contributed by atoms with van der Waals surface area (Å²) in [4.78, 5) is 26.0. The lowest BCUT2D eigenvalue weighted by Crippen LogP contribution is -2.46. The molecule has 1 N–H and O–H groups in total. The minimum atomic E-state index is -5.24. The number of hydrogen-bond donors (Lipinski definition) is 1. The predicted molar refractivity (Wildman–Crippen MR) is 126 cm³/mol. The van der Waals surface area contributed by atoms with Crippen LogP contribution < -0.4 is 4.74 Å². The van der Waals surface area contributed by atoms with Crippen LogP contribution in [0.1, 0.15) is 29.5 Å². The fourth-order valence-corrected chi connectivity index (χ4v) is 5.38. The quantitative estimate of drug-likeness (QED) is 0.196. The van der Waals surface area contributed by atoms with Gasteiger partial charge < -0.3 is 14.2 Å². The van der Waals surface area contributed by atoms with E-state index in [4.69, 9.17) is 14.0 Å². The number of alkyl halides is 3. The highest BCUT2D eigenvalue weighted by Crippen LogP contribution is 2.45. The van der Waals surface area contributed by atoms with Crippen LogP contribution in [0.4, 0.5) is 13.2 Å². The maximum atomic E-state index is 13.3. The second kappa shape index (κ2) is 10.6. The van der Waals surface area contributed by atoms with Gasteiger partial charge in [-0.15, -0.1) is 0 Å². The topological polar surface area (TPSA) is 116 Å².